The highest BCUT2D eigenvalue weighted by Crippen LogP contribution is 1.66. The van der Waals surface area contributed by atoms with E-state index in [0.29, 0.717) is 0 Å². The van der Waals surface area contributed by atoms with Gasteiger partial charge in [0.1, 0.15) is 0 Å². The third-order valence-corrected chi connectivity index (χ3v) is 0.828. The standard InChI is InChI=1S/C6H10N8.C2H2O2.H4N2/c7-9-1-3-11-13-5-6-14-12-4-2-10-8;3-1-2-4;1-2/h1-6H,7-8H2;1-2H;1-2H2/b9-1+,10-2+,11-3+,12-4+,13-5+,14-6+;;. The average Bonchev–Trinajstić information content (AvgIpc) is 2.51. The van der Waals surface area contributed by atoms with Gasteiger partial charge in [-0.3, -0.25) is 21.3 Å². The van der Waals surface area contributed by atoms with Gasteiger partial charge in [-0.1, -0.05) is 0 Å². The lowest BCUT2D eigenvalue weighted by atomic mass is 10.8. The van der Waals surface area contributed by atoms with Gasteiger partial charge < -0.3 is 11.7 Å². The molecule has 0 aromatic heterocycles. The largest absolute Gasteiger partial charge is 0.323 e. The molecule has 0 amide bonds. The van der Waals surface area contributed by atoms with Crippen molar-refractivity contribution in [2.24, 2.45) is 54.0 Å². The summed E-state index contributed by atoms with van der Waals surface area (Å²) in [6, 6.07) is 0. The van der Waals surface area contributed by atoms with E-state index in [1.807, 2.05) is 0 Å². The highest BCUT2D eigenvalue weighted by Gasteiger charge is 1.64. The number of rotatable bonds is 6. The molecule has 0 unspecified atom stereocenters. The zero-order valence-electron chi connectivity index (χ0n) is 10.4. The highest BCUT2D eigenvalue weighted by molar-refractivity contribution is 6.18. The summed E-state index contributed by atoms with van der Waals surface area (Å²) in [4.78, 5) is 17.6. The second-order valence-corrected chi connectivity index (χ2v) is 1.93. The normalized spacial score (nSPS) is 11.1. The molecule has 110 valence electrons. The van der Waals surface area contributed by atoms with E-state index in [1.54, 1.807) is 0 Å². The fourth-order valence-electron chi connectivity index (χ4n) is 0.350. The average molecular weight is 284 g/mol. The lowest BCUT2D eigenvalue weighted by Crippen LogP contribution is -2.02. The minimum absolute atomic E-state index is 0.194. The molecule has 20 heavy (non-hydrogen) atoms. The van der Waals surface area contributed by atoms with E-state index in [0.717, 1.165) is 0 Å². The number of hydrazine groups is 1. The van der Waals surface area contributed by atoms with Gasteiger partial charge in [-0.2, -0.15) is 30.6 Å². The molecule has 0 atom stereocenters. The minimum atomic E-state index is 0.194. The van der Waals surface area contributed by atoms with E-state index >= 15 is 0 Å². The first-order valence-electron chi connectivity index (χ1n) is 4.60. The van der Waals surface area contributed by atoms with E-state index in [4.69, 9.17) is 21.3 Å². The van der Waals surface area contributed by atoms with Gasteiger partial charge in [0.25, 0.3) is 0 Å². The molecule has 0 aromatic carbocycles. The summed E-state index contributed by atoms with van der Waals surface area (Å²) in [5.41, 5.74) is 0. The fraction of sp³-hybridized carbons (Fsp3) is 0. The van der Waals surface area contributed by atoms with Gasteiger partial charge in [0.05, 0.1) is 37.3 Å². The maximum absolute atomic E-state index is 8.81. The second kappa shape index (κ2) is 29.7. The van der Waals surface area contributed by atoms with Gasteiger partial charge >= 0.3 is 0 Å². The number of nitrogens with two attached hydrogens (primary N) is 4. The highest BCUT2D eigenvalue weighted by atomic mass is 16.2. The first-order chi connectivity index (χ1) is 9.83. The fourth-order valence-corrected chi connectivity index (χ4v) is 0.350. The summed E-state index contributed by atoms with van der Waals surface area (Å²) in [6.07, 6.45) is 8.33. The van der Waals surface area contributed by atoms with Gasteiger partial charge in [0, 0.05) is 0 Å². The van der Waals surface area contributed by atoms with E-state index in [2.05, 4.69) is 42.3 Å². The Morgan fingerprint density at radius 2 is 0.800 bits per heavy atom. The first-order valence-corrected chi connectivity index (χ1v) is 4.60. The first kappa shape index (κ1) is 22.1. The number of carbonyl (C=O) groups excluding carboxylic acids is 2. The third-order valence-electron chi connectivity index (χ3n) is 0.828. The van der Waals surface area contributed by atoms with E-state index in [1.165, 1.54) is 37.3 Å². The van der Waals surface area contributed by atoms with Crippen LogP contribution in [0.1, 0.15) is 0 Å². The molecule has 0 saturated heterocycles. The Balaban J connectivity index is -0.000000410. The monoisotopic (exact) mass is 284 g/mol. The van der Waals surface area contributed by atoms with Crippen molar-refractivity contribution in [2.75, 3.05) is 0 Å². The Bertz CT molecular complexity index is 335. The number of nitrogens with zero attached hydrogens (tertiary/aromatic N) is 6. The molecular formula is C8H16N10O2. The Morgan fingerprint density at radius 1 is 0.550 bits per heavy atom. The van der Waals surface area contributed by atoms with Gasteiger partial charge in [0.15, 0.2) is 12.6 Å². The van der Waals surface area contributed by atoms with E-state index in [-0.39, 0.29) is 12.6 Å². The van der Waals surface area contributed by atoms with Crippen LogP contribution in [-0.2, 0) is 9.59 Å². The van der Waals surface area contributed by atoms with Crippen LogP contribution in [0, 0.1) is 0 Å². The summed E-state index contributed by atoms with van der Waals surface area (Å²) in [5, 5.41) is 20.5. The number of hydrazone groups is 2. The summed E-state index contributed by atoms with van der Waals surface area (Å²) < 4.78 is 0. The molecule has 12 heteroatoms. The zero-order chi connectivity index (χ0) is 15.9. The smallest absolute Gasteiger partial charge is 0.182 e. The summed E-state index contributed by atoms with van der Waals surface area (Å²) in [6.45, 7) is 0. The van der Waals surface area contributed by atoms with Crippen LogP contribution < -0.4 is 23.4 Å². The van der Waals surface area contributed by atoms with Crippen molar-refractivity contribution in [1.82, 2.24) is 0 Å². The van der Waals surface area contributed by atoms with Gasteiger partial charge in [-0.15, -0.1) is 0 Å². The van der Waals surface area contributed by atoms with Crippen molar-refractivity contribution in [1.29, 1.82) is 0 Å². The minimum Gasteiger partial charge on any atom is -0.323 e. The molecule has 0 saturated carbocycles. The molecule has 0 aliphatic carbocycles. The van der Waals surface area contributed by atoms with Crippen LogP contribution in [0.4, 0.5) is 0 Å². The molecule has 0 fully saturated rings. The van der Waals surface area contributed by atoms with Gasteiger partial charge in [-0.05, 0) is 0 Å². The van der Waals surface area contributed by atoms with Crippen molar-refractivity contribution >= 4 is 49.9 Å². The van der Waals surface area contributed by atoms with Crippen molar-refractivity contribution < 1.29 is 9.59 Å². The molecule has 0 radical (unpaired) electrons. The lowest BCUT2D eigenvalue weighted by Gasteiger charge is -1.73. The second-order valence-electron chi connectivity index (χ2n) is 1.93. The molecule has 12 nitrogen and oxygen atoms in total. The molecule has 0 aromatic rings. The molecule has 0 heterocycles. The van der Waals surface area contributed by atoms with E-state index < -0.39 is 0 Å². The maximum atomic E-state index is 8.81. The van der Waals surface area contributed by atoms with Crippen molar-refractivity contribution in [3.8, 4) is 0 Å². The van der Waals surface area contributed by atoms with Gasteiger partial charge in [-0.25, -0.2) is 0 Å². The van der Waals surface area contributed by atoms with Crippen molar-refractivity contribution in [3.05, 3.63) is 0 Å². The van der Waals surface area contributed by atoms with Gasteiger partial charge in [0.2, 0.25) is 0 Å². The topological polar surface area (TPSA) is 212 Å². The Kier molecular flexibility index (Phi) is 32.8. The predicted molar refractivity (Wildman–Crippen MR) is 79.8 cm³/mol. The Morgan fingerprint density at radius 3 is 1.00 bits per heavy atom. The van der Waals surface area contributed by atoms with Crippen LogP contribution in [0.25, 0.3) is 0 Å². The Labute approximate surface area is 114 Å². The summed E-state index contributed by atoms with van der Waals surface area (Å²) in [7, 11) is 0. The van der Waals surface area contributed by atoms with Crippen LogP contribution in [0.5, 0.6) is 0 Å². The van der Waals surface area contributed by atoms with Crippen molar-refractivity contribution in [2.45, 2.75) is 0 Å². The lowest BCUT2D eigenvalue weighted by molar-refractivity contribution is -0.122. The van der Waals surface area contributed by atoms with Crippen LogP contribution in [0.15, 0.2) is 30.6 Å². The number of hydrogen-bond acceptors (Lipinski definition) is 12. The van der Waals surface area contributed by atoms with Crippen LogP contribution in [-0.4, -0.2) is 49.9 Å². The predicted octanol–water partition coefficient (Wildman–Crippen LogP) is -2.81. The number of carbonyl (C=O) groups is 2. The molecule has 0 spiro atoms. The number of aldehydes is 2. The van der Waals surface area contributed by atoms with Crippen LogP contribution in [0.3, 0.4) is 0 Å². The molecule has 0 aliphatic rings. The molecule has 0 rings (SSSR count). The quantitative estimate of drug-likeness (QED) is 0.133. The Hall–Kier alpha value is -3.12. The van der Waals surface area contributed by atoms with Crippen LogP contribution in [0.2, 0.25) is 0 Å². The summed E-state index contributed by atoms with van der Waals surface area (Å²) in [5.74, 6) is 17.6. The maximum Gasteiger partial charge on any atom is 0.182 e. The molecule has 8 N–H and O–H groups in total. The van der Waals surface area contributed by atoms with E-state index in [9.17, 15) is 0 Å². The van der Waals surface area contributed by atoms with Crippen molar-refractivity contribution in [3.63, 3.8) is 0 Å². The molecule has 0 aliphatic heterocycles. The zero-order valence-corrected chi connectivity index (χ0v) is 10.4. The molecular weight excluding hydrogens is 268 g/mol. The third kappa shape index (κ3) is 36.4. The number of hydrogen-bond donors (Lipinski definition) is 4. The molecule has 0 bridgehead atoms. The summed E-state index contributed by atoms with van der Waals surface area (Å²) >= 11 is 0. The SMILES string of the molecule is N/N=C/C=N/N=C/C=N/N=C/C=N/N.NN.O=CC=O. The van der Waals surface area contributed by atoms with Crippen LogP contribution >= 0.6 is 0 Å².